The fourth-order valence-corrected chi connectivity index (χ4v) is 1.93. The number of nitrogens with one attached hydrogen (secondary N) is 1. The molecule has 0 saturated heterocycles. The zero-order valence-electron chi connectivity index (χ0n) is 12.8. The molecule has 0 saturated carbocycles. The van der Waals surface area contributed by atoms with E-state index < -0.39 is 0 Å². The second kappa shape index (κ2) is 8.09. The van der Waals surface area contributed by atoms with Gasteiger partial charge in [-0.25, -0.2) is 9.97 Å². The molecule has 0 radical (unpaired) electrons. The molecule has 2 aromatic rings. The van der Waals surface area contributed by atoms with Crippen LogP contribution in [0.25, 0.3) is 0 Å². The van der Waals surface area contributed by atoms with E-state index in [1.807, 2.05) is 30.1 Å². The van der Waals surface area contributed by atoms with Crippen LogP contribution in [0, 0.1) is 0 Å². The number of aromatic nitrogens is 2. The van der Waals surface area contributed by atoms with Crippen molar-refractivity contribution in [2.24, 2.45) is 0 Å². The van der Waals surface area contributed by atoms with Crippen LogP contribution in [0.3, 0.4) is 0 Å². The maximum absolute atomic E-state index is 11.8. The minimum atomic E-state index is -0.248. The molecule has 0 unspecified atom stereocenters. The fourth-order valence-electron chi connectivity index (χ4n) is 1.93. The molecule has 0 spiro atoms. The van der Waals surface area contributed by atoms with Crippen LogP contribution in [0.2, 0.25) is 0 Å². The van der Waals surface area contributed by atoms with E-state index in [4.69, 9.17) is 4.74 Å². The zero-order valence-corrected chi connectivity index (χ0v) is 12.8. The Kier molecular flexibility index (Phi) is 5.85. The van der Waals surface area contributed by atoms with Gasteiger partial charge in [-0.15, -0.1) is 0 Å². The zero-order chi connectivity index (χ0) is 15.8. The van der Waals surface area contributed by atoms with Crippen molar-refractivity contribution in [1.29, 1.82) is 0 Å². The monoisotopic (exact) mass is 300 g/mol. The highest BCUT2D eigenvalue weighted by atomic mass is 16.5. The van der Waals surface area contributed by atoms with Crippen LogP contribution in [-0.4, -0.2) is 43.2 Å². The molecule has 6 heteroatoms. The van der Waals surface area contributed by atoms with Crippen molar-refractivity contribution in [1.82, 2.24) is 15.3 Å². The Morgan fingerprint density at radius 1 is 1.23 bits per heavy atom. The first kappa shape index (κ1) is 15.9. The Morgan fingerprint density at radius 2 is 2.00 bits per heavy atom. The second-order valence-corrected chi connectivity index (χ2v) is 4.85. The molecule has 2 rings (SSSR count). The van der Waals surface area contributed by atoms with E-state index in [0.717, 1.165) is 12.4 Å². The molecule has 1 N–H and O–H groups in total. The van der Waals surface area contributed by atoms with Crippen LogP contribution in [0.15, 0.2) is 42.7 Å². The lowest BCUT2D eigenvalue weighted by Gasteiger charge is -2.17. The van der Waals surface area contributed by atoms with E-state index in [0.29, 0.717) is 18.8 Å². The first-order valence-electron chi connectivity index (χ1n) is 7.05. The maximum atomic E-state index is 11.8. The van der Waals surface area contributed by atoms with Crippen molar-refractivity contribution in [2.45, 2.75) is 6.54 Å². The van der Waals surface area contributed by atoms with Crippen molar-refractivity contribution >= 4 is 11.7 Å². The van der Waals surface area contributed by atoms with E-state index in [1.165, 1.54) is 11.8 Å². The van der Waals surface area contributed by atoms with Crippen molar-refractivity contribution in [2.75, 3.05) is 32.2 Å². The van der Waals surface area contributed by atoms with E-state index >= 15 is 0 Å². The third-order valence-electron chi connectivity index (χ3n) is 3.12. The molecule has 0 aliphatic carbocycles. The molecule has 0 aliphatic rings. The van der Waals surface area contributed by atoms with Crippen molar-refractivity contribution in [3.63, 3.8) is 0 Å². The van der Waals surface area contributed by atoms with Crippen LogP contribution < -0.4 is 10.2 Å². The molecule has 1 amide bonds. The van der Waals surface area contributed by atoms with Gasteiger partial charge < -0.3 is 15.0 Å². The van der Waals surface area contributed by atoms with Gasteiger partial charge in [0.05, 0.1) is 19.0 Å². The molecule has 0 atom stereocenters. The number of ether oxygens (including phenoxy) is 1. The normalized spacial score (nSPS) is 10.3. The summed E-state index contributed by atoms with van der Waals surface area (Å²) in [5, 5.41) is 2.71. The van der Waals surface area contributed by atoms with E-state index in [2.05, 4.69) is 27.4 Å². The van der Waals surface area contributed by atoms with Gasteiger partial charge in [0.15, 0.2) is 0 Å². The molecular formula is C16H20N4O2. The number of carbonyl (C=O) groups is 1. The Bertz CT molecular complexity index is 587. The quantitative estimate of drug-likeness (QED) is 0.785. The first-order chi connectivity index (χ1) is 10.7. The minimum absolute atomic E-state index is 0.248. The first-order valence-corrected chi connectivity index (χ1v) is 7.05. The van der Waals surface area contributed by atoms with Crippen LogP contribution in [0.5, 0.6) is 0 Å². The SMILES string of the molecule is COCCNC(=O)c1cnc(N(C)Cc2ccccc2)cn1. The minimum Gasteiger partial charge on any atom is -0.383 e. The summed E-state index contributed by atoms with van der Waals surface area (Å²) in [6.07, 6.45) is 3.09. The van der Waals surface area contributed by atoms with Gasteiger partial charge in [0.1, 0.15) is 11.5 Å². The van der Waals surface area contributed by atoms with Gasteiger partial charge in [0.25, 0.3) is 5.91 Å². The lowest BCUT2D eigenvalue weighted by molar-refractivity contribution is 0.0931. The van der Waals surface area contributed by atoms with Crippen molar-refractivity contribution in [3.05, 3.63) is 54.0 Å². The number of anilines is 1. The summed E-state index contributed by atoms with van der Waals surface area (Å²) in [6, 6.07) is 10.1. The molecule has 22 heavy (non-hydrogen) atoms. The summed E-state index contributed by atoms with van der Waals surface area (Å²) in [5.74, 6) is 0.471. The van der Waals surface area contributed by atoms with Gasteiger partial charge >= 0.3 is 0 Å². The summed E-state index contributed by atoms with van der Waals surface area (Å²) in [6.45, 7) is 1.65. The standard InChI is InChI=1S/C16H20N4O2/c1-20(12-13-6-4-3-5-7-13)15-11-18-14(10-19-15)16(21)17-8-9-22-2/h3-7,10-11H,8-9,12H2,1-2H3,(H,17,21). The molecule has 1 aromatic carbocycles. The lowest BCUT2D eigenvalue weighted by atomic mass is 10.2. The lowest BCUT2D eigenvalue weighted by Crippen LogP contribution is -2.28. The maximum Gasteiger partial charge on any atom is 0.271 e. The van der Waals surface area contributed by atoms with Crippen LogP contribution in [0.4, 0.5) is 5.82 Å². The smallest absolute Gasteiger partial charge is 0.271 e. The highest BCUT2D eigenvalue weighted by molar-refractivity contribution is 5.91. The predicted molar refractivity (Wildman–Crippen MR) is 84.8 cm³/mol. The fraction of sp³-hybridized carbons (Fsp3) is 0.312. The number of hydrogen-bond donors (Lipinski definition) is 1. The van der Waals surface area contributed by atoms with E-state index in [9.17, 15) is 4.79 Å². The molecule has 0 bridgehead atoms. The second-order valence-electron chi connectivity index (χ2n) is 4.85. The number of hydrogen-bond acceptors (Lipinski definition) is 5. The van der Waals surface area contributed by atoms with Gasteiger partial charge in [-0.1, -0.05) is 30.3 Å². The average Bonchev–Trinajstić information content (AvgIpc) is 2.56. The number of nitrogens with zero attached hydrogens (tertiary/aromatic N) is 3. The largest absolute Gasteiger partial charge is 0.383 e. The van der Waals surface area contributed by atoms with Crippen molar-refractivity contribution < 1.29 is 9.53 Å². The summed E-state index contributed by atoms with van der Waals surface area (Å²) in [5.41, 5.74) is 1.49. The Balaban J connectivity index is 1.94. The third kappa shape index (κ3) is 4.53. The molecule has 0 fully saturated rings. The molecule has 116 valence electrons. The van der Waals surface area contributed by atoms with Crippen LogP contribution in [0.1, 0.15) is 16.1 Å². The van der Waals surface area contributed by atoms with Gasteiger partial charge in [0.2, 0.25) is 0 Å². The van der Waals surface area contributed by atoms with Gasteiger partial charge in [-0.05, 0) is 5.56 Å². The van der Waals surface area contributed by atoms with Gasteiger partial charge in [-0.2, -0.15) is 0 Å². The predicted octanol–water partition coefficient (Wildman–Crippen LogP) is 1.49. The van der Waals surface area contributed by atoms with E-state index in [1.54, 1.807) is 13.3 Å². The Hall–Kier alpha value is -2.47. The molecule has 0 aliphatic heterocycles. The van der Waals surface area contributed by atoms with E-state index in [-0.39, 0.29) is 5.91 Å². The Labute approximate surface area is 130 Å². The highest BCUT2D eigenvalue weighted by Crippen LogP contribution is 2.11. The van der Waals surface area contributed by atoms with Crippen molar-refractivity contribution in [3.8, 4) is 0 Å². The topological polar surface area (TPSA) is 67.3 Å². The van der Waals surface area contributed by atoms with Gasteiger partial charge in [0, 0.05) is 27.2 Å². The summed E-state index contributed by atoms with van der Waals surface area (Å²) >= 11 is 0. The molecule has 1 aromatic heterocycles. The highest BCUT2D eigenvalue weighted by Gasteiger charge is 2.09. The number of amides is 1. The number of rotatable bonds is 7. The van der Waals surface area contributed by atoms with Gasteiger partial charge in [-0.3, -0.25) is 4.79 Å². The molecule has 1 heterocycles. The summed E-state index contributed by atoms with van der Waals surface area (Å²) in [7, 11) is 3.53. The number of methoxy groups -OCH3 is 1. The number of carbonyl (C=O) groups excluding carboxylic acids is 1. The molecule has 6 nitrogen and oxygen atoms in total. The van der Waals surface area contributed by atoms with Crippen LogP contribution in [-0.2, 0) is 11.3 Å². The summed E-state index contributed by atoms with van der Waals surface area (Å²) in [4.78, 5) is 22.2. The molecular weight excluding hydrogens is 280 g/mol. The van der Waals surface area contributed by atoms with Crippen LogP contribution >= 0.6 is 0 Å². The summed E-state index contributed by atoms with van der Waals surface area (Å²) < 4.78 is 4.88. The average molecular weight is 300 g/mol. The third-order valence-corrected chi connectivity index (χ3v) is 3.12. The Morgan fingerprint density at radius 3 is 2.64 bits per heavy atom. The number of benzene rings is 1.